The molecule has 154 valence electrons. The van der Waals surface area contributed by atoms with Crippen molar-refractivity contribution in [1.29, 1.82) is 0 Å². The minimum Gasteiger partial charge on any atom is -0.462 e. The standard InChI is InChI=1S/C21H24N2O5S/c1-2-28-21(25)16-8-12-18(13-9-16)29(26,27)23-19(20(24)22-17-10-11-17)14-15-6-4-3-5-7-15/h3-9,12-13,17,19,23H,2,10-11,14H2,1H3,(H,22,24). The van der Waals surface area contributed by atoms with Crippen molar-refractivity contribution >= 4 is 21.9 Å². The fourth-order valence-electron chi connectivity index (χ4n) is 2.81. The van der Waals surface area contributed by atoms with Gasteiger partial charge in [0.05, 0.1) is 17.1 Å². The van der Waals surface area contributed by atoms with E-state index >= 15 is 0 Å². The molecule has 1 saturated carbocycles. The molecular weight excluding hydrogens is 392 g/mol. The molecular formula is C21H24N2O5S. The first-order valence-electron chi connectivity index (χ1n) is 9.53. The lowest BCUT2D eigenvalue weighted by Crippen LogP contribution is -2.48. The summed E-state index contributed by atoms with van der Waals surface area (Å²) in [4.78, 5) is 24.3. The molecule has 8 heteroatoms. The third kappa shape index (κ3) is 5.88. The number of carbonyl (C=O) groups excluding carboxylic acids is 2. The number of esters is 1. The van der Waals surface area contributed by atoms with E-state index in [0.29, 0.717) is 0 Å². The number of amides is 1. The molecule has 0 radical (unpaired) electrons. The zero-order valence-corrected chi connectivity index (χ0v) is 16.9. The van der Waals surface area contributed by atoms with Crippen molar-refractivity contribution in [3.63, 3.8) is 0 Å². The molecule has 0 heterocycles. The van der Waals surface area contributed by atoms with Gasteiger partial charge in [0.2, 0.25) is 15.9 Å². The molecule has 1 atom stereocenters. The fraction of sp³-hybridized carbons (Fsp3) is 0.333. The number of hydrogen-bond donors (Lipinski definition) is 2. The summed E-state index contributed by atoms with van der Waals surface area (Å²) in [5.74, 6) is -0.863. The first-order chi connectivity index (χ1) is 13.9. The Hall–Kier alpha value is -2.71. The van der Waals surface area contributed by atoms with Crippen LogP contribution in [0.2, 0.25) is 0 Å². The number of nitrogens with one attached hydrogen (secondary N) is 2. The number of carbonyl (C=O) groups is 2. The van der Waals surface area contributed by atoms with Gasteiger partial charge in [0.1, 0.15) is 6.04 Å². The summed E-state index contributed by atoms with van der Waals surface area (Å²) in [5.41, 5.74) is 1.11. The number of rotatable bonds is 9. The van der Waals surface area contributed by atoms with Gasteiger partial charge < -0.3 is 10.1 Å². The van der Waals surface area contributed by atoms with E-state index in [9.17, 15) is 18.0 Å². The van der Waals surface area contributed by atoms with E-state index in [4.69, 9.17) is 4.74 Å². The van der Waals surface area contributed by atoms with Crippen LogP contribution in [0.5, 0.6) is 0 Å². The van der Waals surface area contributed by atoms with Crippen molar-refractivity contribution in [3.05, 3.63) is 65.7 Å². The van der Waals surface area contributed by atoms with Gasteiger partial charge in [-0.2, -0.15) is 4.72 Å². The second kappa shape index (κ2) is 9.19. The summed E-state index contributed by atoms with van der Waals surface area (Å²) in [6.07, 6.45) is 2.05. The molecule has 2 N–H and O–H groups in total. The SMILES string of the molecule is CCOC(=O)c1ccc(S(=O)(=O)NC(Cc2ccccc2)C(=O)NC2CC2)cc1. The normalized spacial score (nSPS) is 14.8. The molecule has 29 heavy (non-hydrogen) atoms. The summed E-state index contributed by atoms with van der Waals surface area (Å²) in [7, 11) is -3.96. The lowest BCUT2D eigenvalue weighted by Gasteiger charge is -2.19. The van der Waals surface area contributed by atoms with Crippen LogP contribution in [-0.4, -0.2) is 39.0 Å². The summed E-state index contributed by atoms with van der Waals surface area (Å²) in [5, 5.41) is 2.86. The largest absolute Gasteiger partial charge is 0.462 e. The van der Waals surface area contributed by atoms with Crippen molar-refractivity contribution in [3.8, 4) is 0 Å². The topological polar surface area (TPSA) is 102 Å². The highest BCUT2D eigenvalue weighted by Crippen LogP contribution is 2.19. The summed E-state index contributed by atoms with van der Waals surface area (Å²) >= 11 is 0. The molecule has 1 amide bonds. The molecule has 1 aliphatic rings. The van der Waals surface area contributed by atoms with Crippen LogP contribution in [0.4, 0.5) is 0 Å². The quantitative estimate of drug-likeness (QED) is 0.609. The van der Waals surface area contributed by atoms with Crippen molar-refractivity contribution < 1.29 is 22.7 Å². The van der Waals surface area contributed by atoms with E-state index in [1.54, 1.807) is 6.92 Å². The van der Waals surface area contributed by atoms with E-state index < -0.39 is 22.0 Å². The van der Waals surface area contributed by atoms with Gasteiger partial charge in [-0.1, -0.05) is 30.3 Å². The highest BCUT2D eigenvalue weighted by molar-refractivity contribution is 7.89. The molecule has 0 aromatic heterocycles. The lowest BCUT2D eigenvalue weighted by atomic mass is 10.1. The molecule has 7 nitrogen and oxygen atoms in total. The van der Waals surface area contributed by atoms with Gasteiger partial charge in [0.25, 0.3) is 0 Å². The minimum absolute atomic E-state index is 0.0252. The Balaban J connectivity index is 1.77. The Morgan fingerprint density at radius 2 is 1.72 bits per heavy atom. The molecule has 1 aliphatic carbocycles. The number of ether oxygens (including phenoxy) is 1. The van der Waals surface area contributed by atoms with Crippen LogP contribution >= 0.6 is 0 Å². The van der Waals surface area contributed by atoms with Crippen molar-refractivity contribution in [1.82, 2.24) is 10.0 Å². The van der Waals surface area contributed by atoms with Crippen LogP contribution in [-0.2, 0) is 26.0 Å². The maximum absolute atomic E-state index is 12.8. The van der Waals surface area contributed by atoms with E-state index in [1.807, 2.05) is 30.3 Å². The van der Waals surface area contributed by atoms with Crippen LogP contribution in [0.15, 0.2) is 59.5 Å². The third-order valence-electron chi connectivity index (χ3n) is 4.50. The van der Waals surface area contributed by atoms with Crippen molar-refractivity contribution in [2.24, 2.45) is 0 Å². The minimum atomic E-state index is -3.96. The summed E-state index contributed by atoms with van der Waals surface area (Å²) in [6.45, 7) is 1.93. The Kier molecular flexibility index (Phi) is 6.66. The van der Waals surface area contributed by atoms with Gasteiger partial charge >= 0.3 is 5.97 Å². The number of sulfonamides is 1. The van der Waals surface area contributed by atoms with Gasteiger partial charge in [-0.25, -0.2) is 13.2 Å². The third-order valence-corrected chi connectivity index (χ3v) is 5.98. The first kappa shape index (κ1) is 21.0. The molecule has 1 unspecified atom stereocenters. The molecule has 0 aliphatic heterocycles. The molecule has 0 spiro atoms. The maximum atomic E-state index is 12.8. The first-order valence-corrected chi connectivity index (χ1v) is 11.0. The molecule has 2 aromatic carbocycles. The smallest absolute Gasteiger partial charge is 0.338 e. The Bertz CT molecular complexity index is 954. The maximum Gasteiger partial charge on any atom is 0.338 e. The average molecular weight is 416 g/mol. The van der Waals surface area contributed by atoms with Gasteiger partial charge in [-0.15, -0.1) is 0 Å². The summed E-state index contributed by atoms with van der Waals surface area (Å²) < 4.78 is 33.1. The van der Waals surface area contributed by atoms with E-state index in [-0.39, 0.29) is 35.4 Å². The highest BCUT2D eigenvalue weighted by Gasteiger charge is 2.30. The average Bonchev–Trinajstić information content (AvgIpc) is 3.52. The highest BCUT2D eigenvalue weighted by atomic mass is 32.2. The zero-order chi connectivity index (χ0) is 20.9. The molecule has 1 fully saturated rings. The van der Waals surface area contributed by atoms with Crippen molar-refractivity contribution in [2.45, 2.75) is 43.2 Å². The number of benzene rings is 2. The molecule has 0 saturated heterocycles. The molecule has 2 aromatic rings. The van der Waals surface area contributed by atoms with Crippen LogP contribution < -0.4 is 10.0 Å². The predicted octanol–water partition coefficient (Wildman–Crippen LogP) is 2.03. The monoisotopic (exact) mass is 416 g/mol. The predicted molar refractivity (Wildman–Crippen MR) is 108 cm³/mol. The van der Waals surface area contributed by atoms with Crippen LogP contribution in [0.25, 0.3) is 0 Å². The molecule has 3 rings (SSSR count). The van der Waals surface area contributed by atoms with Crippen LogP contribution in [0.3, 0.4) is 0 Å². The lowest BCUT2D eigenvalue weighted by molar-refractivity contribution is -0.122. The Morgan fingerprint density at radius 1 is 1.07 bits per heavy atom. The van der Waals surface area contributed by atoms with Crippen LogP contribution in [0, 0.1) is 0 Å². The van der Waals surface area contributed by atoms with Crippen molar-refractivity contribution in [2.75, 3.05) is 6.61 Å². The van der Waals surface area contributed by atoms with E-state index in [2.05, 4.69) is 10.0 Å². The second-order valence-corrected chi connectivity index (χ2v) is 8.61. The molecule has 0 bridgehead atoms. The van der Waals surface area contributed by atoms with Gasteiger partial charge in [-0.05, 0) is 56.0 Å². The second-order valence-electron chi connectivity index (χ2n) is 6.89. The Labute approximate surface area is 170 Å². The van der Waals surface area contributed by atoms with Gasteiger partial charge in [-0.3, -0.25) is 4.79 Å². The van der Waals surface area contributed by atoms with E-state index in [0.717, 1.165) is 18.4 Å². The van der Waals surface area contributed by atoms with Gasteiger partial charge in [0, 0.05) is 6.04 Å². The zero-order valence-electron chi connectivity index (χ0n) is 16.1. The summed E-state index contributed by atoms with van der Waals surface area (Å²) in [6, 6.07) is 13.9. The van der Waals surface area contributed by atoms with E-state index in [1.165, 1.54) is 24.3 Å². The fourth-order valence-corrected chi connectivity index (χ4v) is 4.00. The Morgan fingerprint density at radius 3 is 2.31 bits per heavy atom. The van der Waals surface area contributed by atoms with Gasteiger partial charge in [0.15, 0.2) is 0 Å². The van der Waals surface area contributed by atoms with Crippen LogP contribution in [0.1, 0.15) is 35.7 Å². The number of hydrogen-bond acceptors (Lipinski definition) is 5.